The third-order valence-electron chi connectivity index (χ3n) is 2.69. The van der Waals surface area contributed by atoms with E-state index in [0.29, 0.717) is 5.02 Å². The molecule has 0 spiro atoms. The molecule has 3 rings (SSSR count). The van der Waals surface area contributed by atoms with Gasteiger partial charge in [0.15, 0.2) is 0 Å². The SMILES string of the molecule is Clc1cccc(N=c2ccn3ccccc3c2)c1.O. The van der Waals surface area contributed by atoms with Crippen LogP contribution in [0.5, 0.6) is 0 Å². The lowest BCUT2D eigenvalue weighted by molar-refractivity contribution is 0.824. The molecule has 3 aromatic rings. The van der Waals surface area contributed by atoms with Gasteiger partial charge in [0.25, 0.3) is 0 Å². The standard InChI is InChI=1S/C15H11ClN2.H2O/c16-12-4-3-5-13(10-12)17-14-7-9-18-8-2-1-6-15(18)11-14;/h1-11H;1H2. The molecule has 2 heterocycles. The number of aromatic nitrogens is 1. The zero-order chi connectivity index (χ0) is 12.4. The van der Waals surface area contributed by atoms with Crippen molar-refractivity contribution in [2.24, 2.45) is 4.99 Å². The number of benzene rings is 1. The van der Waals surface area contributed by atoms with Crippen molar-refractivity contribution in [3.8, 4) is 0 Å². The Morgan fingerprint density at radius 1 is 0.895 bits per heavy atom. The van der Waals surface area contributed by atoms with Crippen LogP contribution >= 0.6 is 11.6 Å². The summed E-state index contributed by atoms with van der Waals surface area (Å²) < 4.78 is 2.05. The summed E-state index contributed by atoms with van der Waals surface area (Å²) in [6.07, 6.45) is 4.01. The van der Waals surface area contributed by atoms with Gasteiger partial charge in [0.1, 0.15) is 0 Å². The van der Waals surface area contributed by atoms with E-state index in [0.717, 1.165) is 16.6 Å². The lowest BCUT2D eigenvalue weighted by Gasteiger charge is -1.99. The summed E-state index contributed by atoms with van der Waals surface area (Å²) in [4.78, 5) is 4.55. The molecular weight excluding hydrogens is 260 g/mol. The van der Waals surface area contributed by atoms with Gasteiger partial charge in [-0.25, -0.2) is 4.99 Å². The lowest BCUT2D eigenvalue weighted by Crippen LogP contribution is -2.01. The molecule has 0 amide bonds. The molecule has 19 heavy (non-hydrogen) atoms. The van der Waals surface area contributed by atoms with Gasteiger partial charge in [0.2, 0.25) is 0 Å². The first-order valence-electron chi connectivity index (χ1n) is 5.69. The monoisotopic (exact) mass is 272 g/mol. The Labute approximate surface area is 115 Å². The van der Waals surface area contributed by atoms with E-state index in [1.165, 1.54) is 0 Å². The van der Waals surface area contributed by atoms with E-state index in [1.54, 1.807) is 0 Å². The van der Waals surface area contributed by atoms with Gasteiger partial charge in [-0.15, -0.1) is 0 Å². The van der Waals surface area contributed by atoms with Crippen molar-refractivity contribution in [2.75, 3.05) is 0 Å². The summed E-state index contributed by atoms with van der Waals surface area (Å²) in [5, 5.41) is 1.62. The third-order valence-corrected chi connectivity index (χ3v) is 2.93. The van der Waals surface area contributed by atoms with Crippen molar-refractivity contribution < 1.29 is 5.48 Å². The van der Waals surface area contributed by atoms with Crippen molar-refractivity contribution in [2.45, 2.75) is 0 Å². The summed E-state index contributed by atoms with van der Waals surface area (Å²) in [5.74, 6) is 0. The number of halogens is 1. The highest BCUT2D eigenvalue weighted by atomic mass is 35.5. The fourth-order valence-corrected chi connectivity index (χ4v) is 2.03. The number of hydrogen-bond donors (Lipinski definition) is 0. The van der Waals surface area contributed by atoms with Crippen LogP contribution in [0.1, 0.15) is 0 Å². The predicted molar refractivity (Wildman–Crippen MR) is 77.7 cm³/mol. The zero-order valence-electron chi connectivity index (χ0n) is 10.1. The van der Waals surface area contributed by atoms with Crippen molar-refractivity contribution in [3.05, 3.63) is 77.4 Å². The maximum Gasteiger partial charge on any atom is 0.0672 e. The minimum atomic E-state index is 0. The summed E-state index contributed by atoms with van der Waals surface area (Å²) >= 11 is 5.94. The average Bonchev–Trinajstić information content (AvgIpc) is 2.39. The van der Waals surface area contributed by atoms with Crippen molar-refractivity contribution in [3.63, 3.8) is 0 Å². The maximum atomic E-state index is 5.94. The van der Waals surface area contributed by atoms with Gasteiger partial charge in [-0.1, -0.05) is 23.7 Å². The van der Waals surface area contributed by atoms with E-state index >= 15 is 0 Å². The summed E-state index contributed by atoms with van der Waals surface area (Å²) in [5.41, 5.74) is 1.98. The summed E-state index contributed by atoms with van der Waals surface area (Å²) in [6.45, 7) is 0. The van der Waals surface area contributed by atoms with Crippen molar-refractivity contribution in [1.29, 1.82) is 0 Å². The van der Waals surface area contributed by atoms with Crippen molar-refractivity contribution in [1.82, 2.24) is 4.40 Å². The van der Waals surface area contributed by atoms with Gasteiger partial charge < -0.3 is 9.88 Å². The van der Waals surface area contributed by atoms with Crippen LogP contribution < -0.4 is 5.36 Å². The Hall–Kier alpha value is -2.10. The van der Waals surface area contributed by atoms with Crippen LogP contribution in [0.4, 0.5) is 5.69 Å². The van der Waals surface area contributed by atoms with Crippen LogP contribution in [0.15, 0.2) is 72.0 Å². The molecular formula is C15H13ClN2O. The lowest BCUT2D eigenvalue weighted by atomic mass is 10.3. The first-order chi connectivity index (χ1) is 8.81. The van der Waals surface area contributed by atoms with Crippen LogP contribution in [-0.2, 0) is 0 Å². The maximum absolute atomic E-state index is 5.94. The van der Waals surface area contributed by atoms with Crippen LogP contribution in [0.2, 0.25) is 5.02 Å². The Morgan fingerprint density at radius 3 is 2.63 bits per heavy atom. The molecule has 0 saturated heterocycles. The van der Waals surface area contributed by atoms with E-state index in [-0.39, 0.29) is 5.48 Å². The Kier molecular flexibility index (Phi) is 4.00. The van der Waals surface area contributed by atoms with E-state index in [1.807, 2.05) is 60.9 Å². The first-order valence-corrected chi connectivity index (χ1v) is 6.06. The van der Waals surface area contributed by atoms with Crippen LogP contribution in [0.25, 0.3) is 5.52 Å². The summed E-state index contributed by atoms with van der Waals surface area (Å²) in [7, 11) is 0. The van der Waals surface area contributed by atoms with E-state index in [4.69, 9.17) is 11.6 Å². The fraction of sp³-hybridized carbons (Fsp3) is 0. The molecule has 4 heteroatoms. The van der Waals surface area contributed by atoms with Gasteiger partial charge in [-0.05, 0) is 42.5 Å². The molecule has 3 nitrogen and oxygen atoms in total. The zero-order valence-corrected chi connectivity index (χ0v) is 10.9. The molecule has 0 fully saturated rings. The van der Waals surface area contributed by atoms with E-state index in [2.05, 4.69) is 15.5 Å². The normalized spacial score (nSPS) is 11.3. The number of hydrogen-bond acceptors (Lipinski definition) is 1. The Morgan fingerprint density at radius 2 is 1.79 bits per heavy atom. The molecule has 2 aromatic heterocycles. The smallest absolute Gasteiger partial charge is 0.0672 e. The topological polar surface area (TPSA) is 48.3 Å². The first kappa shape index (κ1) is 13.3. The quantitative estimate of drug-likeness (QED) is 0.654. The largest absolute Gasteiger partial charge is 0.412 e. The highest BCUT2D eigenvalue weighted by molar-refractivity contribution is 6.30. The second-order valence-corrected chi connectivity index (χ2v) is 4.45. The molecule has 96 valence electrons. The van der Waals surface area contributed by atoms with E-state index in [9.17, 15) is 0 Å². The molecule has 0 unspecified atom stereocenters. The molecule has 0 aliphatic carbocycles. The fourth-order valence-electron chi connectivity index (χ4n) is 1.85. The molecule has 1 aromatic carbocycles. The minimum absolute atomic E-state index is 0. The van der Waals surface area contributed by atoms with Gasteiger partial charge in [0.05, 0.1) is 11.0 Å². The molecule has 0 radical (unpaired) electrons. The Bertz CT molecular complexity index is 765. The summed E-state index contributed by atoms with van der Waals surface area (Å²) in [6, 6.07) is 17.6. The highest BCUT2D eigenvalue weighted by Crippen LogP contribution is 2.16. The molecule has 0 bridgehead atoms. The second-order valence-electron chi connectivity index (χ2n) is 4.01. The highest BCUT2D eigenvalue weighted by Gasteiger charge is 1.92. The molecule has 0 aliphatic rings. The number of pyridine rings is 2. The number of rotatable bonds is 1. The van der Waals surface area contributed by atoms with Crippen LogP contribution in [-0.4, -0.2) is 9.88 Å². The van der Waals surface area contributed by atoms with Gasteiger partial charge in [0, 0.05) is 22.9 Å². The van der Waals surface area contributed by atoms with Crippen LogP contribution in [0.3, 0.4) is 0 Å². The minimum Gasteiger partial charge on any atom is -0.412 e. The van der Waals surface area contributed by atoms with Gasteiger partial charge >= 0.3 is 0 Å². The number of nitrogens with zero attached hydrogens (tertiary/aromatic N) is 2. The molecule has 2 N–H and O–H groups in total. The van der Waals surface area contributed by atoms with Crippen LogP contribution in [0, 0.1) is 0 Å². The molecule has 0 saturated carbocycles. The number of fused-ring (bicyclic) bond motifs is 1. The Balaban J connectivity index is 0.00000133. The second kappa shape index (κ2) is 5.69. The van der Waals surface area contributed by atoms with Gasteiger partial charge in [-0.2, -0.15) is 0 Å². The molecule has 0 atom stereocenters. The van der Waals surface area contributed by atoms with Gasteiger partial charge in [-0.3, -0.25) is 0 Å². The van der Waals surface area contributed by atoms with E-state index < -0.39 is 0 Å². The molecule has 0 aliphatic heterocycles. The predicted octanol–water partition coefficient (Wildman–Crippen LogP) is 3.00. The average molecular weight is 273 g/mol. The third kappa shape index (κ3) is 3.02. The van der Waals surface area contributed by atoms with Crippen molar-refractivity contribution >= 4 is 22.8 Å².